The summed E-state index contributed by atoms with van der Waals surface area (Å²) >= 11 is 3.55. The summed E-state index contributed by atoms with van der Waals surface area (Å²) in [4.78, 5) is 2.55. The number of benzene rings is 1. The molecule has 1 fully saturated rings. The summed E-state index contributed by atoms with van der Waals surface area (Å²) in [5.74, 6) is 0.986. The van der Waals surface area contributed by atoms with Gasteiger partial charge >= 0.3 is 0 Å². The molecule has 1 aromatic carbocycles. The predicted molar refractivity (Wildman–Crippen MR) is 62.8 cm³/mol. The Labute approximate surface area is 93.2 Å². The lowest BCUT2D eigenvalue weighted by molar-refractivity contribution is 0.747. The minimum Gasteiger partial charge on any atom is -0.371 e. The lowest BCUT2D eigenvalue weighted by Crippen LogP contribution is -2.22. The molecule has 1 nitrogen and oxygen atoms in total. The molecule has 74 valence electrons. The summed E-state index contributed by atoms with van der Waals surface area (Å²) in [6.45, 7) is 2.51. The van der Waals surface area contributed by atoms with Crippen LogP contribution in [0.1, 0.15) is 18.4 Å². The minimum absolute atomic E-state index is 0.986. The van der Waals surface area contributed by atoms with Crippen LogP contribution in [0.2, 0.25) is 0 Å². The second-order valence-corrected chi connectivity index (χ2v) is 5.33. The third kappa shape index (κ3) is 1.56. The van der Waals surface area contributed by atoms with Crippen LogP contribution in [0.15, 0.2) is 22.7 Å². The second kappa shape index (κ2) is 3.27. The zero-order valence-corrected chi connectivity index (χ0v) is 9.76. The summed E-state index contributed by atoms with van der Waals surface area (Å²) in [6.07, 6.45) is 4.12. The van der Waals surface area contributed by atoms with Gasteiger partial charge in [-0.2, -0.15) is 0 Å². The SMILES string of the molecule is Brc1ccc2c(c1)N(CC1CC1)CC2. The van der Waals surface area contributed by atoms with Gasteiger partial charge in [-0.05, 0) is 42.9 Å². The van der Waals surface area contributed by atoms with E-state index in [1.165, 1.54) is 48.1 Å². The standard InChI is InChI=1S/C12H14BrN/c13-11-4-3-10-5-6-14(12(10)7-11)8-9-1-2-9/h3-4,7,9H,1-2,5-6,8H2. The first-order valence-corrected chi connectivity index (χ1v) is 6.15. The Balaban J connectivity index is 1.87. The van der Waals surface area contributed by atoms with Crippen molar-refractivity contribution in [1.82, 2.24) is 0 Å². The van der Waals surface area contributed by atoms with E-state index >= 15 is 0 Å². The van der Waals surface area contributed by atoms with E-state index in [0.717, 1.165) is 5.92 Å². The van der Waals surface area contributed by atoms with E-state index in [2.05, 4.69) is 39.0 Å². The lowest BCUT2D eigenvalue weighted by Gasteiger charge is -2.19. The topological polar surface area (TPSA) is 3.24 Å². The third-order valence-electron chi connectivity index (χ3n) is 3.21. The monoisotopic (exact) mass is 251 g/mol. The van der Waals surface area contributed by atoms with E-state index in [1.54, 1.807) is 0 Å². The van der Waals surface area contributed by atoms with Gasteiger partial charge in [0.25, 0.3) is 0 Å². The van der Waals surface area contributed by atoms with Gasteiger partial charge in [-0.15, -0.1) is 0 Å². The maximum absolute atomic E-state index is 3.55. The van der Waals surface area contributed by atoms with Crippen molar-refractivity contribution < 1.29 is 0 Å². The van der Waals surface area contributed by atoms with E-state index < -0.39 is 0 Å². The summed E-state index contributed by atoms with van der Waals surface area (Å²) in [5.41, 5.74) is 2.99. The quantitative estimate of drug-likeness (QED) is 0.781. The average Bonchev–Trinajstić information content (AvgIpc) is 2.90. The maximum atomic E-state index is 3.55. The van der Waals surface area contributed by atoms with Gasteiger partial charge in [-0.25, -0.2) is 0 Å². The Kier molecular flexibility index (Phi) is 2.05. The zero-order chi connectivity index (χ0) is 9.54. The lowest BCUT2D eigenvalue weighted by atomic mass is 10.2. The minimum atomic E-state index is 0.986. The molecule has 1 saturated carbocycles. The first kappa shape index (κ1) is 8.78. The van der Waals surface area contributed by atoms with Gasteiger partial charge in [-0.1, -0.05) is 22.0 Å². The Bertz CT molecular complexity index is 357. The highest BCUT2D eigenvalue weighted by Gasteiger charge is 2.27. The summed E-state index contributed by atoms with van der Waals surface area (Å²) in [5, 5.41) is 0. The van der Waals surface area contributed by atoms with Crippen LogP contribution in [0.4, 0.5) is 5.69 Å². The zero-order valence-electron chi connectivity index (χ0n) is 8.17. The van der Waals surface area contributed by atoms with Crippen LogP contribution in [0.5, 0.6) is 0 Å². The molecule has 1 aliphatic heterocycles. The molecule has 2 aliphatic rings. The van der Waals surface area contributed by atoms with E-state index in [4.69, 9.17) is 0 Å². The van der Waals surface area contributed by atoms with E-state index in [9.17, 15) is 0 Å². The Morgan fingerprint density at radius 3 is 3.00 bits per heavy atom. The number of nitrogens with zero attached hydrogens (tertiary/aromatic N) is 1. The second-order valence-electron chi connectivity index (χ2n) is 4.41. The Hall–Kier alpha value is -0.500. The van der Waals surface area contributed by atoms with Crippen LogP contribution in [0.25, 0.3) is 0 Å². The van der Waals surface area contributed by atoms with Crippen LogP contribution >= 0.6 is 15.9 Å². The van der Waals surface area contributed by atoms with Gasteiger partial charge in [0.2, 0.25) is 0 Å². The molecule has 0 atom stereocenters. The molecule has 0 unspecified atom stereocenters. The summed E-state index contributed by atoms with van der Waals surface area (Å²) in [7, 11) is 0. The molecule has 0 bridgehead atoms. The van der Waals surface area contributed by atoms with Gasteiger partial charge < -0.3 is 4.90 Å². The van der Waals surface area contributed by atoms with Crippen molar-refractivity contribution in [3.05, 3.63) is 28.2 Å². The molecule has 0 saturated heterocycles. The van der Waals surface area contributed by atoms with Crippen molar-refractivity contribution >= 4 is 21.6 Å². The molecule has 14 heavy (non-hydrogen) atoms. The van der Waals surface area contributed by atoms with Crippen LogP contribution < -0.4 is 4.90 Å². The number of fused-ring (bicyclic) bond motifs is 1. The Morgan fingerprint density at radius 2 is 2.21 bits per heavy atom. The molecular weight excluding hydrogens is 238 g/mol. The maximum Gasteiger partial charge on any atom is 0.0410 e. The van der Waals surface area contributed by atoms with Gasteiger partial charge in [0.15, 0.2) is 0 Å². The fourth-order valence-corrected chi connectivity index (χ4v) is 2.57. The Morgan fingerprint density at radius 1 is 1.36 bits per heavy atom. The van der Waals surface area contributed by atoms with Gasteiger partial charge in [0, 0.05) is 23.2 Å². The smallest absolute Gasteiger partial charge is 0.0410 e. The molecular formula is C12H14BrN. The van der Waals surface area contributed by atoms with Gasteiger partial charge in [0.1, 0.15) is 0 Å². The first-order valence-electron chi connectivity index (χ1n) is 5.36. The average molecular weight is 252 g/mol. The number of anilines is 1. The van der Waals surface area contributed by atoms with E-state index in [1.807, 2.05) is 0 Å². The molecule has 0 N–H and O–H groups in total. The van der Waals surface area contributed by atoms with Crippen LogP contribution in [-0.2, 0) is 6.42 Å². The number of rotatable bonds is 2. The molecule has 0 aromatic heterocycles. The van der Waals surface area contributed by atoms with Crippen LogP contribution in [0.3, 0.4) is 0 Å². The van der Waals surface area contributed by atoms with Crippen molar-refractivity contribution in [2.75, 3.05) is 18.0 Å². The molecule has 0 spiro atoms. The number of halogens is 1. The predicted octanol–water partition coefficient (Wildman–Crippen LogP) is 3.22. The normalized spacial score (nSPS) is 19.9. The molecule has 0 radical (unpaired) electrons. The molecule has 1 heterocycles. The fourth-order valence-electron chi connectivity index (χ4n) is 2.22. The first-order chi connectivity index (χ1) is 6.83. The van der Waals surface area contributed by atoms with E-state index in [-0.39, 0.29) is 0 Å². The van der Waals surface area contributed by atoms with Crippen molar-refractivity contribution in [3.63, 3.8) is 0 Å². The third-order valence-corrected chi connectivity index (χ3v) is 3.71. The number of hydrogen-bond donors (Lipinski definition) is 0. The van der Waals surface area contributed by atoms with Gasteiger partial charge in [0.05, 0.1) is 0 Å². The van der Waals surface area contributed by atoms with Crippen LogP contribution in [-0.4, -0.2) is 13.1 Å². The highest BCUT2D eigenvalue weighted by atomic mass is 79.9. The molecule has 1 aromatic rings. The largest absolute Gasteiger partial charge is 0.371 e. The van der Waals surface area contributed by atoms with Crippen molar-refractivity contribution in [2.24, 2.45) is 5.92 Å². The summed E-state index contributed by atoms with van der Waals surface area (Å²) < 4.78 is 1.21. The molecule has 3 rings (SSSR count). The molecule has 0 amide bonds. The van der Waals surface area contributed by atoms with Crippen molar-refractivity contribution in [1.29, 1.82) is 0 Å². The van der Waals surface area contributed by atoms with Crippen LogP contribution in [0, 0.1) is 5.92 Å². The molecule has 2 heteroatoms. The highest BCUT2D eigenvalue weighted by Crippen LogP contribution is 2.36. The number of hydrogen-bond acceptors (Lipinski definition) is 1. The van der Waals surface area contributed by atoms with E-state index in [0.29, 0.717) is 0 Å². The molecule has 1 aliphatic carbocycles. The summed E-state index contributed by atoms with van der Waals surface area (Å²) in [6, 6.07) is 6.68. The highest BCUT2D eigenvalue weighted by molar-refractivity contribution is 9.10. The van der Waals surface area contributed by atoms with Gasteiger partial charge in [-0.3, -0.25) is 0 Å². The van der Waals surface area contributed by atoms with Crippen molar-refractivity contribution in [3.8, 4) is 0 Å². The van der Waals surface area contributed by atoms with Crippen molar-refractivity contribution in [2.45, 2.75) is 19.3 Å². The fraction of sp³-hybridized carbons (Fsp3) is 0.500.